The second-order valence-corrected chi connectivity index (χ2v) is 5.53. The zero-order chi connectivity index (χ0) is 15.8. The highest BCUT2D eigenvalue weighted by Crippen LogP contribution is 2.27. The lowest BCUT2D eigenvalue weighted by Gasteiger charge is -2.29. The maximum absolute atomic E-state index is 10.7. The van der Waals surface area contributed by atoms with E-state index in [1.807, 2.05) is 18.2 Å². The van der Waals surface area contributed by atoms with E-state index in [0.717, 1.165) is 43.3 Å². The minimum atomic E-state index is -0.955. The highest BCUT2D eigenvalue weighted by atomic mass is 35.5. The molecule has 0 aliphatic heterocycles. The first-order valence-corrected chi connectivity index (χ1v) is 7.85. The summed E-state index contributed by atoms with van der Waals surface area (Å²) in [6, 6.07) is 5.63. The summed E-state index contributed by atoms with van der Waals surface area (Å²) in [5, 5.41) is 9.43. The number of aliphatic carboxylic acids is 1. The second-order valence-electron chi connectivity index (χ2n) is 5.10. The zero-order valence-corrected chi connectivity index (χ0v) is 13.7. The van der Waals surface area contributed by atoms with Crippen molar-refractivity contribution in [1.29, 1.82) is 0 Å². The van der Waals surface area contributed by atoms with Gasteiger partial charge in [0.05, 0.1) is 0 Å². The molecule has 4 heteroatoms. The topological polar surface area (TPSA) is 40.5 Å². The molecule has 21 heavy (non-hydrogen) atoms. The Bertz CT molecular complexity index is 496. The SMILES string of the molecule is CCC(CC)CN(CC)c1ccc(Cl)cc1/C=C/C(=O)O. The van der Waals surface area contributed by atoms with Crippen molar-refractivity contribution < 1.29 is 9.90 Å². The van der Waals surface area contributed by atoms with Crippen LogP contribution in [0.4, 0.5) is 5.69 Å². The van der Waals surface area contributed by atoms with Gasteiger partial charge in [-0.2, -0.15) is 0 Å². The summed E-state index contributed by atoms with van der Waals surface area (Å²) in [5.74, 6) is -0.319. The Balaban J connectivity index is 3.10. The molecule has 0 amide bonds. The van der Waals surface area contributed by atoms with Gasteiger partial charge in [-0.05, 0) is 42.7 Å². The Labute approximate surface area is 132 Å². The second kappa shape index (κ2) is 8.73. The zero-order valence-electron chi connectivity index (χ0n) is 13.0. The largest absolute Gasteiger partial charge is 0.478 e. The molecule has 0 bridgehead atoms. The van der Waals surface area contributed by atoms with E-state index in [1.54, 1.807) is 6.08 Å². The van der Waals surface area contributed by atoms with Crippen molar-refractivity contribution in [3.63, 3.8) is 0 Å². The van der Waals surface area contributed by atoms with Crippen LogP contribution in [0.15, 0.2) is 24.3 Å². The summed E-state index contributed by atoms with van der Waals surface area (Å²) in [6.45, 7) is 8.37. The van der Waals surface area contributed by atoms with Gasteiger partial charge in [-0.3, -0.25) is 0 Å². The van der Waals surface area contributed by atoms with E-state index in [1.165, 1.54) is 0 Å². The fraction of sp³-hybridized carbons (Fsp3) is 0.471. The lowest BCUT2D eigenvalue weighted by Crippen LogP contribution is -2.29. The van der Waals surface area contributed by atoms with Crippen LogP contribution in [0.25, 0.3) is 6.08 Å². The van der Waals surface area contributed by atoms with Crippen molar-refractivity contribution in [2.75, 3.05) is 18.0 Å². The molecule has 0 aliphatic rings. The van der Waals surface area contributed by atoms with E-state index in [2.05, 4.69) is 25.7 Å². The van der Waals surface area contributed by atoms with Crippen LogP contribution in [-0.4, -0.2) is 24.2 Å². The molecule has 0 saturated carbocycles. The molecule has 0 heterocycles. The number of hydrogen-bond acceptors (Lipinski definition) is 2. The average Bonchev–Trinajstić information content (AvgIpc) is 2.47. The average molecular weight is 310 g/mol. The fourth-order valence-corrected chi connectivity index (χ4v) is 2.54. The van der Waals surface area contributed by atoms with Crippen molar-refractivity contribution in [3.8, 4) is 0 Å². The molecule has 0 atom stereocenters. The van der Waals surface area contributed by atoms with E-state index in [-0.39, 0.29) is 0 Å². The van der Waals surface area contributed by atoms with Crippen LogP contribution in [0, 0.1) is 5.92 Å². The lowest BCUT2D eigenvalue weighted by atomic mass is 10.0. The minimum Gasteiger partial charge on any atom is -0.478 e. The Morgan fingerprint density at radius 1 is 1.33 bits per heavy atom. The molecule has 0 unspecified atom stereocenters. The fourth-order valence-electron chi connectivity index (χ4n) is 2.36. The van der Waals surface area contributed by atoms with Gasteiger partial charge in [0.1, 0.15) is 0 Å². The molecule has 1 rings (SSSR count). The number of halogens is 1. The monoisotopic (exact) mass is 309 g/mol. The number of rotatable bonds is 8. The molecular formula is C17H24ClNO2. The first-order valence-electron chi connectivity index (χ1n) is 7.47. The number of nitrogens with zero attached hydrogens (tertiary/aromatic N) is 1. The van der Waals surface area contributed by atoms with Crippen molar-refractivity contribution in [2.24, 2.45) is 5.92 Å². The maximum Gasteiger partial charge on any atom is 0.328 e. The first kappa shape index (κ1) is 17.6. The van der Waals surface area contributed by atoms with Crippen LogP contribution in [0.5, 0.6) is 0 Å². The number of benzene rings is 1. The Kier molecular flexibility index (Phi) is 7.30. The van der Waals surface area contributed by atoms with Gasteiger partial charge in [-0.1, -0.05) is 38.3 Å². The Hall–Kier alpha value is -1.48. The molecule has 1 aromatic carbocycles. The quantitative estimate of drug-likeness (QED) is 0.708. The standard InChI is InChI=1S/C17H24ClNO2/c1-4-13(5-2)12-19(6-3)16-9-8-15(18)11-14(16)7-10-17(20)21/h7-11,13H,4-6,12H2,1-3H3,(H,20,21)/b10-7+. The van der Waals surface area contributed by atoms with Gasteiger partial charge in [-0.25, -0.2) is 4.79 Å². The van der Waals surface area contributed by atoms with Crippen molar-refractivity contribution >= 4 is 29.3 Å². The highest BCUT2D eigenvalue weighted by Gasteiger charge is 2.13. The van der Waals surface area contributed by atoms with Crippen LogP contribution in [-0.2, 0) is 4.79 Å². The van der Waals surface area contributed by atoms with E-state index in [4.69, 9.17) is 16.7 Å². The van der Waals surface area contributed by atoms with Gasteiger partial charge in [0, 0.05) is 29.9 Å². The van der Waals surface area contributed by atoms with Crippen LogP contribution >= 0.6 is 11.6 Å². The van der Waals surface area contributed by atoms with Gasteiger partial charge < -0.3 is 10.0 Å². The van der Waals surface area contributed by atoms with Crippen molar-refractivity contribution in [2.45, 2.75) is 33.6 Å². The van der Waals surface area contributed by atoms with Crippen LogP contribution < -0.4 is 4.90 Å². The lowest BCUT2D eigenvalue weighted by molar-refractivity contribution is -0.131. The molecule has 0 radical (unpaired) electrons. The van der Waals surface area contributed by atoms with Crippen LogP contribution in [0.2, 0.25) is 5.02 Å². The third-order valence-electron chi connectivity index (χ3n) is 3.75. The molecule has 0 aliphatic carbocycles. The third kappa shape index (κ3) is 5.43. The predicted molar refractivity (Wildman–Crippen MR) is 90.1 cm³/mol. The predicted octanol–water partition coefficient (Wildman–Crippen LogP) is 4.70. The first-order chi connectivity index (χ1) is 10.0. The van der Waals surface area contributed by atoms with Crippen molar-refractivity contribution in [3.05, 3.63) is 34.9 Å². The summed E-state index contributed by atoms with van der Waals surface area (Å²) in [4.78, 5) is 13.0. The van der Waals surface area contributed by atoms with Gasteiger partial charge in [-0.15, -0.1) is 0 Å². The molecule has 3 nitrogen and oxygen atoms in total. The third-order valence-corrected chi connectivity index (χ3v) is 3.99. The normalized spacial score (nSPS) is 11.3. The molecule has 0 saturated heterocycles. The molecule has 1 aromatic rings. The smallest absolute Gasteiger partial charge is 0.328 e. The molecule has 116 valence electrons. The van der Waals surface area contributed by atoms with Gasteiger partial charge in [0.2, 0.25) is 0 Å². The Morgan fingerprint density at radius 3 is 2.52 bits per heavy atom. The van der Waals surface area contributed by atoms with Crippen molar-refractivity contribution in [1.82, 2.24) is 0 Å². The van der Waals surface area contributed by atoms with Gasteiger partial charge >= 0.3 is 5.97 Å². The Morgan fingerprint density at radius 2 is 2.00 bits per heavy atom. The molecule has 1 N–H and O–H groups in total. The summed E-state index contributed by atoms with van der Waals surface area (Å²) in [5.41, 5.74) is 1.88. The van der Waals surface area contributed by atoms with Crippen LogP contribution in [0.1, 0.15) is 39.2 Å². The molecule has 0 aromatic heterocycles. The number of hydrogen-bond donors (Lipinski definition) is 1. The number of carboxylic acids is 1. The molecular weight excluding hydrogens is 286 g/mol. The minimum absolute atomic E-state index is 0.613. The van der Waals surface area contributed by atoms with E-state index in [9.17, 15) is 4.79 Å². The summed E-state index contributed by atoms with van der Waals surface area (Å²) < 4.78 is 0. The molecule has 0 spiro atoms. The summed E-state index contributed by atoms with van der Waals surface area (Å²) in [6.07, 6.45) is 5.04. The maximum atomic E-state index is 10.7. The summed E-state index contributed by atoms with van der Waals surface area (Å²) >= 11 is 6.04. The molecule has 0 fully saturated rings. The van der Waals surface area contributed by atoms with Crippen LogP contribution in [0.3, 0.4) is 0 Å². The van der Waals surface area contributed by atoms with E-state index >= 15 is 0 Å². The van der Waals surface area contributed by atoms with E-state index < -0.39 is 5.97 Å². The summed E-state index contributed by atoms with van der Waals surface area (Å²) in [7, 11) is 0. The van der Waals surface area contributed by atoms with E-state index in [0.29, 0.717) is 10.9 Å². The van der Waals surface area contributed by atoms with Gasteiger partial charge in [0.25, 0.3) is 0 Å². The number of carboxylic acid groups (broad SMARTS) is 1. The van der Waals surface area contributed by atoms with Gasteiger partial charge in [0.15, 0.2) is 0 Å². The number of carbonyl (C=O) groups is 1. The number of anilines is 1. The highest BCUT2D eigenvalue weighted by molar-refractivity contribution is 6.30.